The number of methoxy groups -OCH3 is 2. The third kappa shape index (κ3) is 4.89. The molecule has 0 saturated heterocycles. The van der Waals surface area contributed by atoms with Gasteiger partial charge >= 0.3 is 5.97 Å². The fraction of sp³-hybridized carbons (Fsp3) is 0.435. The van der Waals surface area contributed by atoms with Crippen LogP contribution in [0.4, 0.5) is 0 Å². The van der Waals surface area contributed by atoms with Crippen LogP contribution in [0, 0.1) is 6.92 Å². The van der Waals surface area contributed by atoms with Crippen molar-refractivity contribution in [1.29, 1.82) is 0 Å². The van der Waals surface area contributed by atoms with Crippen LogP contribution in [-0.2, 0) is 22.5 Å². The molecule has 0 bridgehead atoms. The number of hydrogen-bond donors (Lipinski definition) is 1. The summed E-state index contributed by atoms with van der Waals surface area (Å²) in [5.41, 5.74) is 5.59. The van der Waals surface area contributed by atoms with E-state index in [4.69, 9.17) is 9.47 Å². The van der Waals surface area contributed by atoms with Crippen LogP contribution in [0.1, 0.15) is 42.4 Å². The van der Waals surface area contributed by atoms with E-state index in [-0.39, 0.29) is 12.4 Å². The number of carbonyl (C=O) groups excluding carboxylic acids is 1. The maximum absolute atomic E-state index is 11.7. The molecule has 1 saturated carbocycles. The summed E-state index contributed by atoms with van der Waals surface area (Å²) in [5, 5.41) is 3.71. The highest BCUT2D eigenvalue weighted by Crippen LogP contribution is 2.34. The normalized spacial score (nSPS) is 14.3. The molecule has 2 aromatic carbocycles. The van der Waals surface area contributed by atoms with Gasteiger partial charge in [-0.2, -0.15) is 0 Å². The maximum Gasteiger partial charge on any atom is 0.309 e. The molecule has 0 amide bonds. The number of benzene rings is 2. The van der Waals surface area contributed by atoms with Gasteiger partial charge in [-0.05, 0) is 48.6 Å². The molecule has 0 radical (unpaired) electrons. The lowest BCUT2D eigenvalue weighted by molar-refractivity contribution is -0.139. The molecule has 4 nitrogen and oxygen atoms in total. The van der Waals surface area contributed by atoms with E-state index in [2.05, 4.69) is 30.4 Å². The van der Waals surface area contributed by atoms with Crippen molar-refractivity contribution in [1.82, 2.24) is 5.32 Å². The van der Waals surface area contributed by atoms with Crippen molar-refractivity contribution in [3.8, 4) is 16.9 Å². The highest BCUT2D eigenvalue weighted by molar-refractivity contribution is 5.77. The van der Waals surface area contributed by atoms with Gasteiger partial charge in [0.2, 0.25) is 0 Å². The minimum Gasteiger partial charge on any atom is -0.496 e. The van der Waals surface area contributed by atoms with Crippen LogP contribution in [0.2, 0.25) is 0 Å². The summed E-state index contributed by atoms with van der Waals surface area (Å²) < 4.78 is 10.4. The summed E-state index contributed by atoms with van der Waals surface area (Å²) in [7, 11) is 3.10. The first-order valence-corrected chi connectivity index (χ1v) is 9.67. The predicted octanol–water partition coefficient (Wildman–Crippen LogP) is 4.42. The summed E-state index contributed by atoms with van der Waals surface area (Å²) in [4.78, 5) is 11.7. The van der Waals surface area contributed by atoms with E-state index >= 15 is 0 Å². The molecular formula is C23H29NO3. The highest BCUT2D eigenvalue weighted by atomic mass is 16.5. The molecule has 3 rings (SSSR count). The molecule has 27 heavy (non-hydrogen) atoms. The van der Waals surface area contributed by atoms with E-state index in [1.807, 2.05) is 18.2 Å². The third-order valence-electron chi connectivity index (χ3n) is 5.33. The fourth-order valence-electron chi connectivity index (χ4n) is 3.83. The molecule has 1 aliphatic carbocycles. The molecular weight excluding hydrogens is 338 g/mol. The summed E-state index contributed by atoms with van der Waals surface area (Å²) in [5.74, 6) is 0.577. The Balaban J connectivity index is 1.93. The lowest BCUT2D eigenvalue weighted by Crippen LogP contribution is -2.25. The summed E-state index contributed by atoms with van der Waals surface area (Å²) in [6.45, 7) is 2.96. The molecule has 0 aromatic heterocycles. The molecule has 4 heteroatoms. The predicted molar refractivity (Wildman–Crippen MR) is 108 cm³/mol. The second-order valence-electron chi connectivity index (χ2n) is 7.31. The van der Waals surface area contributed by atoms with Gasteiger partial charge in [0, 0.05) is 18.2 Å². The van der Waals surface area contributed by atoms with E-state index in [9.17, 15) is 4.79 Å². The van der Waals surface area contributed by atoms with Crippen molar-refractivity contribution < 1.29 is 14.3 Å². The molecule has 1 N–H and O–H groups in total. The summed E-state index contributed by atoms with van der Waals surface area (Å²) in [6, 6.07) is 13.0. The molecule has 0 unspecified atom stereocenters. The van der Waals surface area contributed by atoms with Gasteiger partial charge in [0.05, 0.1) is 20.6 Å². The Morgan fingerprint density at radius 3 is 2.56 bits per heavy atom. The standard InChI is InChI=1S/C23H29NO3/c1-16-8-10-20(18(12-16)15-24-19-6-4-5-7-19)21-13-17(14-23(25)27-3)9-11-22(21)26-2/h8-13,19,24H,4-7,14-15H2,1-3H3. The van der Waals surface area contributed by atoms with E-state index in [0.717, 1.165) is 29.0 Å². The SMILES string of the molecule is COC(=O)Cc1ccc(OC)c(-c2ccc(C)cc2CNC2CCCC2)c1. The van der Waals surface area contributed by atoms with Gasteiger partial charge in [0.25, 0.3) is 0 Å². The Morgan fingerprint density at radius 2 is 1.85 bits per heavy atom. The molecule has 0 heterocycles. The second-order valence-corrected chi connectivity index (χ2v) is 7.31. The zero-order valence-corrected chi connectivity index (χ0v) is 16.5. The lowest BCUT2D eigenvalue weighted by Gasteiger charge is -2.18. The third-order valence-corrected chi connectivity index (χ3v) is 5.33. The van der Waals surface area contributed by atoms with Gasteiger partial charge in [-0.1, -0.05) is 42.7 Å². The smallest absolute Gasteiger partial charge is 0.309 e. The van der Waals surface area contributed by atoms with Crippen molar-refractivity contribution in [2.24, 2.45) is 0 Å². The molecule has 1 fully saturated rings. The van der Waals surface area contributed by atoms with Gasteiger partial charge in [-0.15, -0.1) is 0 Å². The van der Waals surface area contributed by atoms with Crippen LogP contribution in [0.3, 0.4) is 0 Å². The Morgan fingerprint density at radius 1 is 1.07 bits per heavy atom. The van der Waals surface area contributed by atoms with Crippen molar-refractivity contribution in [2.75, 3.05) is 14.2 Å². The lowest BCUT2D eigenvalue weighted by atomic mass is 9.94. The first-order chi connectivity index (χ1) is 13.1. The van der Waals surface area contributed by atoms with Gasteiger partial charge in [0.15, 0.2) is 0 Å². The molecule has 0 aliphatic heterocycles. The largest absolute Gasteiger partial charge is 0.496 e. The Labute approximate surface area is 161 Å². The molecule has 144 valence electrons. The van der Waals surface area contributed by atoms with E-state index in [1.165, 1.54) is 43.9 Å². The molecule has 2 aromatic rings. The van der Waals surface area contributed by atoms with Gasteiger partial charge < -0.3 is 14.8 Å². The van der Waals surface area contributed by atoms with Crippen LogP contribution in [0.15, 0.2) is 36.4 Å². The number of rotatable bonds is 7. The first-order valence-electron chi connectivity index (χ1n) is 9.67. The van der Waals surface area contributed by atoms with Crippen molar-refractivity contribution in [3.63, 3.8) is 0 Å². The molecule has 0 atom stereocenters. The van der Waals surface area contributed by atoms with Crippen LogP contribution in [0.25, 0.3) is 11.1 Å². The van der Waals surface area contributed by atoms with E-state index in [0.29, 0.717) is 6.04 Å². The zero-order chi connectivity index (χ0) is 19.2. The fourth-order valence-corrected chi connectivity index (χ4v) is 3.83. The number of carbonyl (C=O) groups is 1. The van der Waals surface area contributed by atoms with E-state index in [1.54, 1.807) is 7.11 Å². The van der Waals surface area contributed by atoms with Gasteiger partial charge in [-0.25, -0.2) is 0 Å². The monoisotopic (exact) mass is 367 g/mol. The van der Waals surface area contributed by atoms with E-state index < -0.39 is 0 Å². The van der Waals surface area contributed by atoms with Crippen LogP contribution < -0.4 is 10.1 Å². The molecule has 1 aliphatic rings. The number of aryl methyl sites for hydroxylation is 1. The van der Waals surface area contributed by atoms with Gasteiger partial charge in [0.1, 0.15) is 5.75 Å². The quantitative estimate of drug-likeness (QED) is 0.736. The zero-order valence-electron chi connectivity index (χ0n) is 16.5. The van der Waals surface area contributed by atoms with Crippen molar-refractivity contribution in [2.45, 2.75) is 51.6 Å². The topological polar surface area (TPSA) is 47.6 Å². The average molecular weight is 367 g/mol. The Kier molecular flexibility index (Phi) is 6.51. The minimum absolute atomic E-state index is 0.238. The van der Waals surface area contributed by atoms with Crippen molar-refractivity contribution in [3.05, 3.63) is 53.1 Å². The van der Waals surface area contributed by atoms with Crippen LogP contribution in [0.5, 0.6) is 5.75 Å². The van der Waals surface area contributed by atoms with Gasteiger partial charge in [-0.3, -0.25) is 4.79 Å². The maximum atomic E-state index is 11.7. The second kappa shape index (κ2) is 9.05. The number of esters is 1. The number of ether oxygens (including phenoxy) is 2. The minimum atomic E-state index is -0.238. The first kappa shape index (κ1) is 19.4. The molecule has 0 spiro atoms. The van der Waals surface area contributed by atoms with Crippen LogP contribution >= 0.6 is 0 Å². The number of nitrogens with one attached hydrogen (secondary N) is 1. The summed E-state index contributed by atoms with van der Waals surface area (Å²) in [6.07, 6.45) is 5.43. The summed E-state index contributed by atoms with van der Waals surface area (Å²) >= 11 is 0. The Bertz CT molecular complexity index is 794. The Hall–Kier alpha value is -2.33. The highest BCUT2D eigenvalue weighted by Gasteiger charge is 2.17. The van der Waals surface area contributed by atoms with Crippen LogP contribution in [-0.4, -0.2) is 26.2 Å². The number of hydrogen-bond acceptors (Lipinski definition) is 4. The average Bonchev–Trinajstić information content (AvgIpc) is 3.20. The van der Waals surface area contributed by atoms with Crippen molar-refractivity contribution >= 4 is 5.97 Å².